The summed E-state index contributed by atoms with van der Waals surface area (Å²) in [5.41, 5.74) is 3.10. The predicted octanol–water partition coefficient (Wildman–Crippen LogP) is 1.47. The Labute approximate surface area is 93.2 Å². The van der Waals surface area contributed by atoms with Crippen molar-refractivity contribution in [1.29, 1.82) is 0 Å². The van der Waals surface area contributed by atoms with E-state index in [2.05, 4.69) is 16.0 Å². The SMILES string of the molecule is OCN1c2ccccc2Cc2nccnc21. The second-order valence-corrected chi connectivity index (χ2v) is 3.70. The van der Waals surface area contributed by atoms with E-state index in [9.17, 15) is 5.11 Å². The van der Waals surface area contributed by atoms with E-state index < -0.39 is 0 Å². The molecule has 4 nitrogen and oxygen atoms in total. The fraction of sp³-hybridized carbons (Fsp3) is 0.167. The second-order valence-electron chi connectivity index (χ2n) is 3.70. The molecule has 1 aliphatic rings. The molecule has 16 heavy (non-hydrogen) atoms. The highest BCUT2D eigenvalue weighted by molar-refractivity contribution is 5.69. The second kappa shape index (κ2) is 3.57. The fourth-order valence-electron chi connectivity index (χ4n) is 2.07. The van der Waals surface area contributed by atoms with Crippen LogP contribution in [0.2, 0.25) is 0 Å². The maximum absolute atomic E-state index is 9.44. The maximum Gasteiger partial charge on any atom is 0.157 e. The third-order valence-corrected chi connectivity index (χ3v) is 2.79. The molecule has 0 amide bonds. The lowest BCUT2D eigenvalue weighted by molar-refractivity contribution is 0.302. The summed E-state index contributed by atoms with van der Waals surface area (Å²) in [5.74, 6) is 0.753. The van der Waals surface area contributed by atoms with Gasteiger partial charge in [-0.1, -0.05) is 18.2 Å². The molecule has 0 atom stereocenters. The summed E-state index contributed by atoms with van der Waals surface area (Å²) in [7, 11) is 0. The largest absolute Gasteiger partial charge is 0.376 e. The van der Waals surface area contributed by atoms with Gasteiger partial charge < -0.3 is 10.0 Å². The molecule has 2 heterocycles. The quantitative estimate of drug-likeness (QED) is 0.779. The Morgan fingerprint density at radius 3 is 2.88 bits per heavy atom. The molecule has 2 aromatic rings. The number of para-hydroxylation sites is 1. The van der Waals surface area contributed by atoms with Crippen LogP contribution in [0.1, 0.15) is 11.3 Å². The molecule has 0 saturated heterocycles. The molecule has 3 rings (SSSR count). The van der Waals surface area contributed by atoms with Gasteiger partial charge in [0.05, 0.1) is 5.69 Å². The zero-order chi connectivity index (χ0) is 11.0. The van der Waals surface area contributed by atoms with Crippen molar-refractivity contribution in [3.05, 3.63) is 47.9 Å². The van der Waals surface area contributed by atoms with Crippen LogP contribution >= 0.6 is 0 Å². The molecule has 0 spiro atoms. The lowest BCUT2D eigenvalue weighted by atomic mass is 10.0. The highest BCUT2D eigenvalue weighted by Gasteiger charge is 2.23. The summed E-state index contributed by atoms with van der Waals surface area (Å²) in [6, 6.07) is 8.00. The predicted molar refractivity (Wildman–Crippen MR) is 60.5 cm³/mol. The van der Waals surface area contributed by atoms with Crippen molar-refractivity contribution in [1.82, 2.24) is 9.97 Å². The fourth-order valence-corrected chi connectivity index (χ4v) is 2.07. The first-order chi connectivity index (χ1) is 7.90. The van der Waals surface area contributed by atoms with E-state index in [4.69, 9.17) is 0 Å². The van der Waals surface area contributed by atoms with Crippen LogP contribution in [0.3, 0.4) is 0 Å². The topological polar surface area (TPSA) is 49.2 Å². The van der Waals surface area contributed by atoms with E-state index in [0.29, 0.717) is 0 Å². The molecule has 1 aromatic heterocycles. The van der Waals surface area contributed by atoms with Gasteiger partial charge in [0.1, 0.15) is 6.73 Å². The van der Waals surface area contributed by atoms with Crippen LogP contribution in [-0.4, -0.2) is 21.8 Å². The maximum atomic E-state index is 9.44. The van der Waals surface area contributed by atoms with E-state index in [1.807, 2.05) is 18.2 Å². The van der Waals surface area contributed by atoms with Crippen molar-refractivity contribution in [3.8, 4) is 0 Å². The van der Waals surface area contributed by atoms with Crippen LogP contribution in [0.15, 0.2) is 36.7 Å². The van der Waals surface area contributed by atoms with Crippen molar-refractivity contribution in [2.24, 2.45) is 0 Å². The molecule has 80 valence electrons. The first kappa shape index (κ1) is 9.30. The Morgan fingerprint density at radius 1 is 1.19 bits per heavy atom. The normalized spacial score (nSPS) is 13.2. The minimum atomic E-state index is -0.0806. The summed E-state index contributed by atoms with van der Waals surface area (Å²) in [6.07, 6.45) is 4.10. The van der Waals surface area contributed by atoms with E-state index >= 15 is 0 Å². The number of rotatable bonds is 1. The Balaban J connectivity index is 2.19. The number of hydrogen-bond acceptors (Lipinski definition) is 4. The van der Waals surface area contributed by atoms with Crippen LogP contribution in [0, 0.1) is 0 Å². The monoisotopic (exact) mass is 213 g/mol. The summed E-state index contributed by atoms with van der Waals surface area (Å²) < 4.78 is 0. The van der Waals surface area contributed by atoms with Gasteiger partial charge in [0.15, 0.2) is 5.82 Å². The first-order valence-electron chi connectivity index (χ1n) is 5.16. The van der Waals surface area contributed by atoms with Gasteiger partial charge in [-0.05, 0) is 11.6 Å². The highest BCUT2D eigenvalue weighted by Crippen LogP contribution is 2.35. The number of nitrogens with zero attached hydrogens (tertiary/aromatic N) is 3. The number of aliphatic hydroxyl groups is 1. The smallest absolute Gasteiger partial charge is 0.157 e. The Kier molecular flexibility index (Phi) is 2.08. The summed E-state index contributed by atoms with van der Waals surface area (Å²) in [5, 5.41) is 9.44. The molecule has 0 fully saturated rings. The standard InChI is InChI=1S/C12H11N3O/c16-8-15-11-4-2-1-3-9(11)7-10-12(15)14-6-5-13-10/h1-6,16H,7-8H2. The first-order valence-corrected chi connectivity index (χ1v) is 5.16. The molecule has 0 aliphatic carbocycles. The van der Waals surface area contributed by atoms with Crippen molar-refractivity contribution in [2.75, 3.05) is 11.6 Å². The lowest BCUT2D eigenvalue weighted by Gasteiger charge is -2.29. The average Bonchev–Trinajstić information content (AvgIpc) is 2.36. The third kappa shape index (κ3) is 1.27. The number of benzene rings is 1. The minimum absolute atomic E-state index is 0.0806. The third-order valence-electron chi connectivity index (χ3n) is 2.79. The van der Waals surface area contributed by atoms with Gasteiger partial charge in [0.2, 0.25) is 0 Å². The number of aromatic nitrogens is 2. The van der Waals surface area contributed by atoms with E-state index in [1.165, 1.54) is 5.56 Å². The van der Waals surface area contributed by atoms with E-state index in [0.717, 1.165) is 23.6 Å². The van der Waals surface area contributed by atoms with Crippen molar-refractivity contribution in [2.45, 2.75) is 6.42 Å². The number of aliphatic hydroxyl groups excluding tert-OH is 1. The molecule has 0 bridgehead atoms. The molecular weight excluding hydrogens is 202 g/mol. The van der Waals surface area contributed by atoms with Gasteiger partial charge in [0, 0.05) is 24.5 Å². The molecule has 0 unspecified atom stereocenters. The summed E-state index contributed by atoms with van der Waals surface area (Å²) in [4.78, 5) is 10.4. The van der Waals surface area contributed by atoms with Gasteiger partial charge in [0.25, 0.3) is 0 Å². The average molecular weight is 213 g/mol. The van der Waals surface area contributed by atoms with Crippen LogP contribution in [0.4, 0.5) is 11.5 Å². The van der Waals surface area contributed by atoms with Crippen LogP contribution in [0.5, 0.6) is 0 Å². The van der Waals surface area contributed by atoms with Gasteiger partial charge in [-0.2, -0.15) is 0 Å². The van der Waals surface area contributed by atoms with Crippen molar-refractivity contribution < 1.29 is 5.11 Å². The molecule has 0 saturated carbocycles. The summed E-state index contributed by atoms with van der Waals surface area (Å²) in [6.45, 7) is -0.0806. The van der Waals surface area contributed by atoms with Gasteiger partial charge in [-0.15, -0.1) is 0 Å². The Bertz CT molecular complexity index is 482. The number of anilines is 2. The Morgan fingerprint density at radius 2 is 2.00 bits per heavy atom. The molecule has 1 aromatic carbocycles. The number of fused-ring (bicyclic) bond motifs is 2. The van der Waals surface area contributed by atoms with Gasteiger partial charge in [-0.3, -0.25) is 4.98 Å². The van der Waals surface area contributed by atoms with Crippen molar-refractivity contribution in [3.63, 3.8) is 0 Å². The molecular formula is C12H11N3O. The minimum Gasteiger partial charge on any atom is -0.376 e. The summed E-state index contributed by atoms with van der Waals surface area (Å²) >= 11 is 0. The number of hydrogen-bond donors (Lipinski definition) is 1. The highest BCUT2D eigenvalue weighted by atomic mass is 16.3. The Hall–Kier alpha value is -1.94. The molecule has 1 aliphatic heterocycles. The zero-order valence-corrected chi connectivity index (χ0v) is 8.67. The lowest BCUT2D eigenvalue weighted by Crippen LogP contribution is -2.25. The van der Waals surface area contributed by atoms with E-state index in [-0.39, 0.29) is 6.73 Å². The zero-order valence-electron chi connectivity index (χ0n) is 8.67. The van der Waals surface area contributed by atoms with Crippen LogP contribution < -0.4 is 4.90 Å². The van der Waals surface area contributed by atoms with Crippen LogP contribution in [0.25, 0.3) is 0 Å². The van der Waals surface area contributed by atoms with Crippen molar-refractivity contribution >= 4 is 11.5 Å². The molecule has 1 N–H and O–H groups in total. The van der Waals surface area contributed by atoms with E-state index in [1.54, 1.807) is 17.3 Å². The molecule has 0 radical (unpaired) electrons. The van der Waals surface area contributed by atoms with Crippen LogP contribution in [-0.2, 0) is 6.42 Å². The molecule has 4 heteroatoms. The van der Waals surface area contributed by atoms with Gasteiger partial charge >= 0.3 is 0 Å². The van der Waals surface area contributed by atoms with Gasteiger partial charge in [-0.25, -0.2) is 4.98 Å².